The van der Waals surface area contributed by atoms with E-state index in [4.69, 9.17) is 22.3 Å². The highest BCUT2D eigenvalue weighted by Crippen LogP contribution is 2.49. The molecule has 1 aliphatic heterocycles. The van der Waals surface area contributed by atoms with Gasteiger partial charge in [-0.3, -0.25) is 0 Å². The third-order valence-corrected chi connectivity index (χ3v) is 9.41. The van der Waals surface area contributed by atoms with Gasteiger partial charge in [0.25, 0.3) is 6.43 Å². The van der Waals surface area contributed by atoms with Crippen molar-refractivity contribution in [3.63, 3.8) is 0 Å². The molecule has 39 heavy (non-hydrogen) atoms. The van der Waals surface area contributed by atoms with E-state index in [1.165, 1.54) is 12.1 Å². The molecule has 2 aromatic heterocycles. The minimum Gasteiger partial charge on any atom is -0.389 e. The van der Waals surface area contributed by atoms with E-state index in [9.17, 15) is 18.4 Å². The van der Waals surface area contributed by atoms with Gasteiger partial charge in [-0.15, -0.1) is 11.3 Å². The van der Waals surface area contributed by atoms with Crippen molar-refractivity contribution in [2.75, 3.05) is 10.6 Å². The number of alkyl halides is 2. The second kappa shape index (κ2) is 9.79. The van der Waals surface area contributed by atoms with Crippen LogP contribution in [0, 0.1) is 23.0 Å². The molecule has 1 aliphatic carbocycles. The molecule has 1 fully saturated rings. The normalized spacial score (nSPS) is 17.9. The van der Waals surface area contributed by atoms with E-state index in [0.29, 0.717) is 29.0 Å². The van der Waals surface area contributed by atoms with Gasteiger partial charge < -0.3 is 10.6 Å². The maximum absolute atomic E-state index is 16.7. The first kappa shape index (κ1) is 26.1. The van der Waals surface area contributed by atoms with E-state index in [2.05, 4.69) is 4.98 Å². The van der Waals surface area contributed by atoms with Crippen molar-refractivity contribution in [1.82, 2.24) is 9.97 Å². The minimum absolute atomic E-state index is 0.0108. The second-order valence-electron chi connectivity index (χ2n) is 10.1. The maximum Gasteiger partial charge on any atom is 0.258 e. The van der Waals surface area contributed by atoms with Crippen molar-refractivity contribution in [3.05, 3.63) is 45.7 Å². The highest BCUT2D eigenvalue weighted by Gasteiger charge is 2.40. The zero-order chi connectivity index (χ0) is 27.6. The summed E-state index contributed by atoms with van der Waals surface area (Å²) in [6, 6.07) is 3.32. The summed E-state index contributed by atoms with van der Waals surface area (Å²) in [5.74, 6) is -0.723. The molecule has 1 unspecified atom stereocenters. The smallest absolute Gasteiger partial charge is 0.258 e. The Hall–Kier alpha value is -3.16. The number of rotatable bonds is 4. The fourth-order valence-electron chi connectivity index (χ4n) is 6.19. The summed E-state index contributed by atoms with van der Waals surface area (Å²) in [5, 5.41) is 10.4. The highest BCUT2D eigenvalue weighted by atomic mass is 35.5. The molecule has 0 radical (unpaired) electrons. The van der Waals surface area contributed by atoms with Gasteiger partial charge in [-0.25, -0.2) is 27.5 Å². The zero-order valence-corrected chi connectivity index (χ0v) is 22.6. The molecule has 1 atom stereocenters. The number of nitriles is 1. The van der Waals surface area contributed by atoms with Gasteiger partial charge in [0.1, 0.15) is 34.0 Å². The Labute approximate surface area is 231 Å². The van der Waals surface area contributed by atoms with Crippen LogP contribution in [-0.2, 0) is 12.8 Å². The number of benzene rings is 2. The number of fused-ring (bicyclic) bond motifs is 1. The van der Waals surface area contributed by atoms with Gasteiger partial charge >= 0.3 is 0 Å². The summed E-state index contributed by atoms with van der Waals surface area (Å²) in [6.45, 7) is 1.82. The van der Waals surface area contributed by atoms with Crippen LogP contribution in [-0.4, -0.2) is 28.5 Å². The van der Waals surface area contributed by atoms with Crippen LogP contribution in [0.5, 0.6) is 0 Å². The lowest BCUT2D eigenvalue weighted by Crippen LogP contribution is -2.46. The van der Waals surface area contributed by atoms with Crippen molar-refractivity contribution in [2.24, 2.45) is 0 Å². The summed E-state index contributed by atoms with van der Waals surface area (Å²) in [5.41, 5.74) is 6.67. The fourth-order valence-corrected chi connectivity index (χ4v) is 7.52. The molecule has 4 aromatic rings. The molecular weight excluding hydrogens is 550 g/mol. The van der Waals surface area contributed by atoms with Crippen molar-refractivity contribution in [2.45, 2.75) is 70.4 Å². The molecule has 5 nitrogen and oxygen atoms in total. The van der Waals surface area contributed by atoms with Gasteiger partial charge in [-0.1, -0.05) is 37.4 Å². The van der Waals surface area contributed by atoms with Gasteiger partial charge in [0.15, 0.2) is 5.82 Å². The first-order valence-electron chi connectivity index (χ1n) is 12.9. The van der Waals surface area contributed by atoms with E-state index in [1.54, 1.807) is 4.90 Å². The largest absolute Gasteiger partial charge is 0.389 e. The van der Waals surface area contributed by atoms with Crippen molar-refractivity contribution < 1.29 is 17.6 Å². The number of thiophene rings is 1. The van der Waals surface area contributed by atoms with Gasteiger partial charge in [0.2, 0.25) is 0 Å². The van der Waals surface area contributed by atoms with Crippen molar-refractivity contribution in [1.29, 1.82) is 5.26 Å². The van der Waals surface area contributed by atoms with Crippen molar-refractivity contribution >= 4 is 54.7 Å². The van der Waals surface area contributed by atoms with E-state index in [-0.39, 0.29) is 61.2 Å². The minimum atomic E-state index is -2.64. The van der Waals surface area contributed by atoms with Crippen LogP contribution in [0.2, 0.25) is 5.02 Å². The maximum atomic E-state index is 16.7. The first-order chi connectivity index (χ1) is 18.8. The monoisotopic (exact) mass is 573 g/mol. The van der Waals surface area contributed by atoms with Gasteiger partial charge in [0.05, 0.1) is 26.7 Å². The Morgan fingerprint density at radius 2 is 1.92 bits per heavy atom. The average Bonchev–Trinajstić information content (AvgIpc) is 3.52. The van der Waals surface area contributed by atoms with Gasteiger partial charge in [-0.2, -0.15) is 5.26 Å². The van der Waals surface area contributed by atoms with Crippen LogP contribution >= 0.6 is 22.9 Å². The lowest BCUT2D eigenvalue weighted by atomic mass is 9.93. The number of nitrogens with zero attached hydrogens (tertiary/aromatic N) is 4. The molecule has 0 bridgehead atoms. The standard InChI is InChI=1S/C28H24ClF4N5S/c1-2-18-36-24-21-14(8-10-17(26(32)33)38(28(21)37-18)12-5-3-4-6-12)22(29)20(23(24)31)13-7-9-16(30)25-19(13)15(11-34)27(35)39-25/h7,9,12,17,26H,2-6,8,10,35H2,1H3. The summed E-state index contributed by atoms with van der Waals surface area (Å²) < 4.78 is 60.6. The number of aryl methyl sites for hydroxylation is 2. The Balaban J connectivity index is 1.72. The number of nitrogen functional groups attached to an aromatic ring is 1. The van der Waals surface area contributed by atoms with Crippen LogP contribution in [0.3, 0.4) is 0 Å². The molecule has 1 saturated carbocycles. The third kappa shape index (κ3) is 3.93. The molecular formula is C28H24ClF4N5S. The molecule has 6 rings (SSSR count). The molecule has 202 valence electrons. The van der Waals surface area contributed by atoms with Gasteiger partial charge in [0, 0.05) is 23.4 Å². The number of anilines is 2. The highest BCUT2D eigenvalue weighted by molar-refractivity contribution is 7.23. The third-order valence-electron chi connectivity index (χ3n) is 7.97. The van der Waals surface area contributed by atoms with Crippen LogP contribution in [0.4, 0.5) is 28.4 Å². The number of aromatic nitrogens is 2. The predicted molar refractivity (Wildman–Crippen MR) is 147 cm³/mol. The Morgan fingerprint density at radius 3 is 2.59 bits per heavy atom. The van der Waals surface area contributed by atoms with E-state index < -0.39 is 24.1 Å². The summed E-state index contributed by atoms with van der Waals surface area (Å²) >= 11 is 7.85. The molecule has 0 amide bonds. The van der Waals surface area contributed by atoms with Crippen LogP contribution in [0.1, 0.15) is 56.0 Å². The Kier molecular flexibility index (Phi) is 6.55. The summed E-state index contributed by atoms with van der Waals surface area (Å²) in [6.07, 6.45) is 1.35. The van der Waals surface area contributed by atoms with E-state index >= 15 is 4.39 Å². The number of nitrogens with two attached hydrogens (primary N) is 1. The number of halogens is 5. The lowest BCUT2D eigenvalue weighted by molar-refractivity contribution is 0.104. The number of hydrogen-bond donors (Lipinski definition) is 1. The SMILES string of the molecule is CCc1nc2c3c(c(Cl)c(-c4ccc(F)c5sc(N)c(C#N)c45)c(F)c3n1)CCC(C(F)F)N2C1CCCC1. The summed E-state index contributed by atoms with van der Waals surface area (Å²) in [4.78, 5) is 10.9. The quantitative estimate of drug-likeness (QED) is 0.252. The summed E-state index contributed by atoms with van der Waals surface area (Å²) in [7, 11) is 0. The van der Waals surface area contributed by atoms with Crippen LogP contribution in [0.15, 0.2) is 12.1 Å². The topological polar surface area (TPSA) is 78.8 Å². The average molecular weight is 574 g/mol. The molecule has 0 spiro atoms. The van der Waals surface area contributed by atoms with Crippen molar-refractivity contribution in [3.8, 4) is 17.2 Å². The molecule has 2 aromatic carbocycles. The predicted octanol–water partition coefficient (Wildman–Crippen LogP) is 7.79. The zero-order valence-electron chi connectivity index (χ0n) is 21.0. The Morgan fingerprint density at radius 1 is 1.18 bits per heavy atom. The Bertz CT molecular complexity index is 1680. The number of hydrogen-bond acceptors (Lipinski definition) is 6. The fraction of sp³-hybridized carbons (Fsp3) is 0.393. The van der Waals surface area contributed by atoms with E-state index in [1.807, 2.05) is 13.0 Å². The van der Waals surface area contributed by atoms with Gasteiger partial charge in [-0.05, 0) is 42.9 Å². The molecule has 11 heteroatoms. The molecule has 3 heterocycles. The molecule has 2 aliphatic rings. The first-order valence-corrected chi connectivity index (χ1v) is 14.1. The van der Waals surface area contributed by atoms with Crippen LogP contribution < -0.4 is 10.6 Å². The molecule has 0 saturated heterocycles. The second-order valence-corrected chi connectivity index (χ2v) is 11.5. The molecule has 2 N–H and O–H groups in total. The van der Waals surface area contributed by atoms with E-state index in [0.717, 1.165) is 37.0 Å². The lowest BCUT2D eigenvalue weighted by Gasteiger charge is -2.36. The van der Waals surface area contributed by atoms with Crippen LogP contribution in [0.25, 0.3) is 32.1 Å².